The van der Waals surface area contributed by atoms with Crippen molar-refractivity contribution in [2.45, 2.75) is 32.6 Å². The summed E-state index contributed by atoms with van der Waals surface area (Å²) in [4.78, 5) is 21.2. The van der Waals surface area contributed by atoms with Crippen molar-refractivity contribution in [1.29, 1.82) is 0 Å². The van der Waals surface area contributed by atoms with Gasteiger partial charge in [-0.2, -0.15) is 5.10 Å². The van der Waals surface area contributed by atoms with Crippen molar-refractivity contribution < 1.29 is 13.6 Å². The summed E-state index contributed by atoms with van der Waals surface area (Å²) in [5.74, 6) is 1.66. The molecule has 0 radical (unpaired) electrons. The quantitative estimate of drug-likeness (QED) is 0.441. The molecular weight excluding hydrogens is 397 g/mol. The molecule has 0 saturated carbocycles. The maximum absolute atomic E-state index is 13.9. The fourth-order valence-corrected chi connectivity index (χ4v) is 3.08. The van der Waals surface area contributed by atoms with E-state index in [1.54, 1.807) is 24.3 Å². The molecule has 2 aromatic heterocycles. The number of rotatable bonds is 7. The lowest BCUT2D eigenvalue weighted by Crippen LogP contribution is -2.13. The molecule has 2 heterocycles. The molecule has 0 saturated heterocycles. The Morgan fingerprint density at radius 1 is 1.13 bits per heavy atom. The second-order valence-electron chi connectivity index (χ2n) is 7.39. The van der Waals surface area contributed by atoms with E-state index in [0.29, 0.717) is 35.1 Å². The van der Waals surface area contributed by atoms with Crippen molar-refractivity contribution in [3.63, 3.8) is 0 Å². The molecule has 4 aromatic rings. The number of halogens is 1. The smallest absolute Gasteiger partial charge is 0.224 e. The zero-order valence-electron chi connectivity index (χ0n) is 17.2. The fourth-order valence-electron chi connectivity index (χ4n) is 3.08. The van der Waals surface area contributed by atoms with Crippen LogP contribution >= 0.6 is 0 Å². The largest absolute Gasteiger partial charge is 0.441 e. The topological polar surface area (TPSA) is 96.7 Å². The standard InChI is InChI=1S/C23H22FN5O2/c1-14(2)22-27-23(29-28-22)16-8-4-6-10-18(16)26-20(30)11-12-21-25-13-19(31-21)15-7-3-5-9-17(15)24/h3-10,13-14H,11-12H2,1-2H3,(H,26,30)(H,27,28,29). The molecule has 0 atom stereocenters. The van der Waals surface area contributed by atoms with Crippen molar-refractivity contribution in [1.82, 2.24) is 20.2 Å². The molecule has 0 unspecified atom stereocenters. The van der Waals surface area contributed by atoms with Gasteiger partial charge < -0.3 is 9.73 Å². The van der Waals surface area contributed by atoms with Crippen LogP contribution in [0, 0.1) is 5.82 Å². The highest BCUT2D eigenvalue weighted by atomic mass is 19.1. The monoisotopic (exact) mass is 419 g/mol. The Bertz CT molecular complexity index is 1200. The van der Waals surface area contributed by atoms with Gasteiger partial charge in [-0.25, -0.2) is 14.4 Å². The summed E-state index contributed by atoms with van der Waals surface area (Å²) in [6.07, 6.45) is 1.92. The van der Waals surface area contributed by atoms with Crippen LogP contribution in [0.2, 0.25) is 0 Å². The van der Waals surface area contributed by atoms with Gasteiger partial charge in [-0.15, -0.1) is 0 Å². The Hall–Kier alpha value is -3.81. The highest BCUT2D eigenvalue weighted by Crippen LogP contribution is 2.27. The van der Waals surface area contributed by atoms with E-state index in [2.05, 4.69) is 25.5 Å². The van der Waals surface area contributed by atoms with Crippen LogP contribution in [-0.4, -0.2) is 26.1 Å². The maximum Gasteiger partial charge on any atom is 0.224 e. The molecular formula is C23H22FN5O2. The van der Waals surface area contributed by atoms with Gasteiger partial charge in [0.25, 0.3) is 0 Å². The number of amides is 1. The van der Waals surface area contributed by atoms with Gasteiger partial charge in [-0.3, -0.25) is 9.89 Å². The third-order valence-corrected chi connectivity index (χ3v) is 4.75. The van der Waals surface area contributed by atoms with E-state index in [1.807, 2.05) is 32.0 Å². The molecule has 2 N–H and O–H groups in total. The van der Waals surface area contributed by atoms with Crippen LogP contribution in [0.15, 0.2) is 59.1 Å². The van der Waals surface area contributed by atoms with Crippen molar-refractivity contribution in [2.24, 2.45) is 0 Å². The van der Waals surface area contributed by atoms with Crippen LogP contribution in [-0.2, 0) is 11.2 Å². The number of carbonyl (C=O) groups is 1. The van der Waals surface area contributed by atoms with Gasteiger partial charge in [0.15, 0.2) is 17.5 Å². The average molecular weight is 419 g/mol. The number of H-pyrrole nitrogens is 1. The van der Waals surface area contributed by atoms with E-state index >= 15 is 0 Å². The van der Waals surface area contributed by atoms with Crippen LogP contribution in [0.25, 0.3) is 22.7 Å². The Morgan fingerprint density at radius 2 is 1.87 bits per heavy atom. The molecule has 1 amide bonds. The third-order valence-electron chi connectivity index (χ3n) is 4.75. The number of anilines is 1. The molecule has 0 aliphatic rings. The van der Waals surface area contributed by atoms with Gasteiger partial charge in [-0.1, -0.05) is 38.1 Å². The zero-order chi connectivity index (χ0) is 21.8. The molecule has 0 aliphatic heterocycles. The Labute approximate surface area is 178 Å². The SMILES string of the molecule is CC(C)c1nc(-c2ccccc2NC(=O)CCc2ncc(-c3ccccc3F)o2)n[nH]1. The van der Waals surface area contributed by atoms with E-state index in [1.165, 1.54) is 12.3 Å². The van der Waals surface area contributed by atoms with Gasteiger partial charge in [0.2, 0.25) is 5.91 Å². The Kier molecular flexibility index (Phi) is 5.88. The number of hydrogen-bond acceptors (Lipinski definition) is 5. The normalized spacial score (nSPS) is 11.1. The molecule has 2 aromatic carbocycles. The summed E-state index contributed by atoms with van der Waals surface area (Å²) in [7, 11) is 0. The van der Waals surface area contributed by atoms with Crippen LogP contribution in [0.4, 0.5) is 10.1 Å². The summed E-state index contributed by atoms with van der Waals surface area (Å²) in [6, 6.07) is 13.7. The number of oxazole rings is 1. The number of aromatic nitrogens is 4. The van der Waals surface area contributed by atoms with Crippen LogP contribution in [0.5, 0.6) is 0 Å². The highest BCUT2D eigenvalue weighted by molar-refractivity contribution is 5.94. The van der Waals surface area contributed by atoms with Crippen molar-refractivity contribution >= 4 is 11.6 Å². The molecule has 0 bridgehead atoms. The van der Waals surface area contributed by atoms with E-state index < -0.39 is 0 Å². The van der Waals surface area contributed by atoms with E-state index in [9.17, 15) is 9.18 Å². The number of carbonyl (C=O) groups excluding carboxylic acids is 1. The van der Waals surface area contributed by atoms with Crippen molar-refractivity contribution in [2.75, 3.05) is 5.32 Å². The first kappa shape index (κ1) is 20.5. The van der Waals surface area contributed by atoms with Crippen LogP contribution < -0.4 is 5.32 Å². The molecule has 0 spiro atoms. The Balaban J connectivity index is 1.42. The fraction of sp³-hybridized carbons (Fsp3) is 0.217. The summed E-state index contributed by atoms with van der Waals surface area (Å²) in [5, 5.41) is 10.1. The first-order valence-corrected chi connectivity index (χ1v) is 10.0. The minimum absolute atomic E-state index is 0.163. The maximum atomic E-state index is 13.9. The predicted molar refractivity (Wildman–Crippen MR) is 115 cm³/mol. The molecule has 0 fully saturated rings. The third kappa shape index (κ3) is 4.69. The van der Waals surface area contributed by atoms with Gasteiger partial charge in [0.05, 0.1) is 17.4 Å². The van der Waals surface area contributed by atoms with Gasteiger partial charge in [-0.05, 0) is 24.3 Å². The first-order valence-electron chi connectivity index (χ1n) is 10.0. The summed E-state index contributed by atoms with van der Waals surface area (Å²) in [5.41, 5.74) is 1.70. The van der Waals surface area contributed by atoms with E-state index in [0.717, 1.165) is 11.4 Å². The predicted octanol–water partition coefficient (Wildman–Crippen LogP) is 4.96. The first-order chi connectivity index (χ1) is 15.0. The number of aryl methyl sites for hydroxylation is 1. The molecule has 8 heteroatoms. The lowest BCUT2D eigenvalue weighted by molar-refractivity contribution is -0.116. The molecule has 0 aliphatic carbocycles. The highest BCUT2D eigenvalue weighted by Gasteiger charge is 2.15. The minimum atomic E-state index is -0.382. The molecule has 4 rings (SSSR count). The van der Waals surface area contributed by atoms with E-state index in [4.69, 9.17) is 4.42 Å². The van der Waals surface area contributed by atoms with Gasteiger partial charge in [0, 0.05) is 24.3 Å². The molecule has 31 heavy (non-hydrogen) atoms. The Morgan fingerprint density at radius 3 is 2.61 bits per heavy atom. The van der Waals surface area contributed by atoms with E-state index in [-0.39, 0.29) is 24.1 Å². The van der Waals surface area contributed by atoms with Gasteiger partial charge >= 0.3 is 0 Å². The summed E-state index contributed by atoms with van der Waals surface area (Å²) < 4.78 is 19.5. The van der Waals surface area contributed by atoms with Crippen LogP contribution in [0.3, 0.4) is 0 Å². The second-order valence-corrected chi connectivity index (χ2v) is 7.39. The number of nitrogens with one attached hydrogen (secondary N) is 2. The lowest BCUT2D eigenvalue weighted by Gasteiger charge is -2.08. The van der Waals surface area contributed by atoms with Gasteiger partial charge in [0.1, 0.15) is 11.6 Å². The average Bonchev–Trinajstić information content (AvgIpc) is 3.43. The van der Waals surface area contributed by atoms with Crippen molar-refractivity contribution in [3.8, 4) is 22.7 Å². The number of para-hydroxylation sites is 1. The zero-order valence-corrected chi connectivity index (χ0v) is 17.2. The minimum Gasteiger partial charge on any atom is -0.441 e. The number of hydrogen-bond donors (Lipinski definition) is 2. The van der Waals surface area contributed by atoms with Crippen molar-refractivity contribution in [3.05, 3.63) is 72.3 Å². The summed E-state index contributed by atoms with van der Waals surface area (Å²) >= 11 is 0. The van der Waals surface area contributed by atoms with Crippen LogP contribution in [0.1, 0.15) is 37.9 Å². The number of aromatic amines is 1. The lowest BCUT2D eigenvalue weighted by atomic mass is 10.1. The number of nitrogens with zero attached hydrogens (tertiary/aromatic N) is 3. The molecule has 7 nitrogen and oxygen atoms in total. The molecule has 158 valence electrons. The second kappa shape index (κ2) is 8.91. The summed E-state index contributed by atoms with van der Waals surface area (Å²) in [6.45, 7) is 4.05. The number of benzene rings is 2.